The Morgan fingerprint density at radius 3 is 2.79 bits per heavy atom. The molecule has 7 nitrogen and oxygen atoms in total. The van der Waals surface area contributed by atoms with E-state index >= 15 is 0 Å². The van der Waals surface area contributed by atoms with Crippen LogP contribution in [0.3, 0.4) is 0 Å². The van der Waals surface area contributed by atoms with Gasteiger partial charge in [-0.2, -0.15) is 15.0 Å². The number of nitrogens with one attached hydrogen (secondary N) is 1. The van der Waals surface area contributed by atoms with Crippen molar-refractivity contribution < 1.29 is 9.47 Å². The summed E-state index contributed by atoms with van der Waals surface area (Å²) in [5.74, 6) is 1.13. The molecule has 1 saturated heterocycles. The van der Waals surface area contributed by atoms with Gasteiger partial charge >= 0.3 is 6.01 Å². The SMILES string of the molecule is CCNc1nc(OC)nc(N(C)C2CCOC2C)n1. The van der Waals surface area contributed by atoms with E-state index in [2.05, 4.69) is 27.2 Å². The van der Waals surface area contributed by atoms with Gasteiger partial charge in [0.25, 0.3) is 0 Å². The lowest BCUT2D eigenvalue weighted by Gasteiger charge is -2.26. The Kier molecular flexibility index (Phi) is 4.36. The molecule has 106 valence electrons. The summed E-state index contributed by atoms with van der Waals surface area (Å²) in [5.41, 5.74) is 0. The second-order valence-electron chi connectivity index (χ2n) is 4.52. The molecular weight excluding hydrogens is 246 g/mol. The molecule has 1 aliphatic heterocycles. The summed E-state index contributed by atoms with van der Waals surface area (Å²) in [5, 5.41) is 3.08. The first-order valence-corrected chi connectivity index (χ1v) is 6.54. The van der Waals surface area contributed by atoms with Gasteiger partial charge in [0.05, 0.1) is 19.3 Å². The van der Waals surface area contributed by atoms with Crippen LogP contribution in [0.5, 0.6) is 6.01 Å². The number of likely N-dealkylation sites (N-methyl/N-ethyl adjacent to an activating group) is 1. The van der Waals surface area contributed by atoms with Gasteiger partial charge in [0.2, 0.25) is 11.9 Å². The first-order valence-electron chi connectivity index (χ1n) is 6.54. The molecule has 0 saturated carbocycles. The number of anilines is 2. The van der Waals surface area contributed by atoms with Crippen LogP contribution in [0.1, 0.15) is 20.3 Å². The highest BCUT2D eigenvalue weighted by molar-refractivity contribution is 5.39. The topological polar surface area (TPSA) is 72.4 Å². The van der Waals surface area contributed by atoms with Crippen molar-refractivity contribution in [2.24, 2.45) is 0 Å². The molecular formula is C12H21N5O2. The molecule has 1 aliphatic rings. The Bertz CT molecular complexity index is 429. The Morgan fingerprint density at radius 2 is 2.21 bits per heavy atom. The standard InChI is InChI=1S/C12H21N5O2/c1-5-13-10-14-11(16-12(15-10)18-4)17(3)9-6-7-19-8(9)2/h8-9H,5-7H2,1-4H3,(H,13,14,15,16). The van der Waals surface area contributed by atoms with Crippen molar-refractivity contribution in [2.45, 2.75) is 32.4 Å². The predicted molar refractivity (Wildman–Crippen MR) is 72.8 cm³/mol. The van der Waals surface area contributed by atoms with Crippen molar-refractivity contribution in [1.29, 1.82) is 0 Å². The van der Waals surface area contributed by atoms with Gasteiger partial charge < -0.3 is 19.7 Å². The summed E-state index contributed by atoms with van der Waals surface area (Å²) in [6.07, 6.45) is 1.15. The van der Waals surface area contributed by atoms with E-state index in [0.29, 0.717) is 17.9 Å². The van der Waals surface area contributed by atoms with Crippen LogP contribution in [0.4, 0.5) is 11.9 Å². The summed E-state index contributed by atoms with van der Waals surface area (Å²) in [6.45, 7) is 5.59. The highest BCUT2D eigenvalue weighted by Gasteiger charge is 2.29. The zero-order chi connectivity index (χ0) is 13.8. The largest absolute Gasteiger partial charge is 0.467 e. The molecule has 7 heteroatoms. The van der Waals surface area contributed by atoms with Crippen molar-refractivity contribution in [3.05, 3.63) is 0 Å². The molecule has 2 heterocycles. The molecule has 1 fully saturated rings. The van der Waals surface area contributed by atoms with E-state index in [-0.39, 0.29) is 12.1 Å². The second kappa shape index (κ2) is 6.01. The Labute approximate surface area is 113 Å². The molecule has 0 amide bonds. The minimum Gasteiger partial charge on any atom is -0.467 e. The third kappa shape index (κ3) is 3.04. The molecule has 0 aliphatic carbocycles. The van der Waals surface area contributed by atoms with Crippen LogP contribution in [-0.4, -0.2) is 54.4 Å². The maximum atomic E-state index is 5.58. The molecule has 0 radical (unpaired) electrons. The number of hydrogen-bond acceptors (Lipinski definition) is 7. The van der Waals surface area contributed by atoms with Crippen LogP contribution in [0.2, 0.25) is 0 Å². The van der Waals surface area contributed by atoms with Crippen molar-refractivity contribution >= 4 is 11.9 Å². The maximum Gasteiger partial charge on any atom is 0.322 e. The highest BCUT2D eigenvalue weighted by atomic mass is 16.5. The lowest BCUT2D eigenvalue weighted by atomic mass is 10.1. The van der Waals surface area contributed by atoms with Crippen molar-refractivity contribution in [1.82, 2.24) is 15.0 Å². The van der Waals surface area contributed by atoms with Crippen LogP contribution in [-0.2, 0) is 4.74 Å². The quantitative estimate of drug-likeness (QED) is 0.850. The lowest BCUT2D eigenvalue weighted by molar-refractivity contribution is 0.118. The summed E-state index contributed by atoms with van der Waals surface area (Å²) < 4.78 is 10.7. The molecule has 2 unspecified atom stereocenters. The lowest BCUT2D eigenvalue weighted by Crippen LogP contribution is -2.38. The number of nitrogens with zero attached hydrogens (tertiary/aromatic N) is 4. The summed E-state index contributed by atoms with van der Waals surface area (Å²) in [6, 6.07) is 0.598. The number of methoxy groups -OCH3 is 1. The average Bonchev–Trinajstić information content (AvgIpc) is 2.84. The van der Waals surface area contributed by atoms with E-state index in [9.17, 15) is 0 Å². The molecule has 2 atom stereocenters. The third-order valence-electron chi connectivity index (χ3n) is 3.27. The van der Waals surface area contributed by atoms with Gasteiger partial charge in [0.15, 0.2) is 0 Å². The van der Waals surface area contributed by atoms with Crippen LogP contribution in [0, 0.1) is 0 Å². The van der Waals surface area contributed by atoms with Crippen LogP contribution >= 0.6 is 0 Å². The van der Waals surface area contributed by atoms with Crippen molar-refractivity contribution in [3.8, 4) is 6.01 Å². The minimum absolute atomic E-state index is 0.176. The van der Waals surface area contributed by atoms with Gasteiger partial charge in [0, 0.05) is 20.2 Å². The third-order valence-corrected chi connectivity index (χ3v) is 3.27. The van der Waals surface area contributed by atoms with Crippen molar-refractivity contribution in [3.63, 3.8) is 0 Å². The molecule has 0 spiro atoms. The van der Waals surface area contributed by atoms with Gasteiger partial charge in [-0.1, -0.05) is 0 Å². The molecule has 19 heavy (non-hydrogen) atoms. The zero-order valence-electron chi connectivity index (χ0n) is 11.9. The molecule has 0 aromatic carbocycles. The van der Waals surface area contributed by atoms with E-state index in [1.807, 2.05) is 18.9 Å². The van der Waals surface area contributed by atoms with Gasteiger partial charge in [0.1, 0.15) is 0 Å². The van der Waals surface area contributed by atoms with Crippen LogP contribution in [0.25, 0.3) is 0 Å². The number of aromatic nitrogens is 3. The minimum atomic E-state index is 0.176. The fraction of sp³-hybridized carbons (Fsp3) is 0.750. The van der Waals surface area contributed by atoms with Gasteiger partial charge in [-0.15, -0.1) is 0 Å². The normalized spacial score (nSPS) is 22.3. The van der Waals surface area contributed by atoms with Gasteiger partial charge in [-0.25, -0.2) is 0 Å². The number of rotatable bonds is 5. The van der Waals surface area contributed by atoms with E-state index in [1.165, 1.54) is 0 Å². The number of ether oxygens (including phenoxy) is 2. The second-order valence-corrected chi connectivity index (χ2v) is 4.52. The van der Waals surface area contributed by atoms with Gasteiger partial charge in [-0.3, -0.25) is 0 Å². The monoisotopic (exact) mass is 267 g/mol. The van der Waals surface area contributed by atoms with Crippen molar-refractivity contribution in [2.75, 3.05) is 37.5 Å². The van der Waals surface area contributed by atoms with Gasteiger partial charge in [-0.05, 0) is 20.3 Å². The molecule has 0 bridgehead atoms. The van der Waals surface area contributed by atoms with E-state index in [0.717, 1.165) is 19.6 Å². The molecule has 1 N–H and O–H groups in total. The van der Waals surface area contributed by atoms with E-state index in [4.69, 9.17) is 9.47 Å². The van der Waals surface area contributed by atoms with E-state index < -0.39 is 0 Å². The van der Waals surface area contributed by atoms with E-state index in [1.54, 1.807) is 7.11 Å². The molecule has 2 rings (SSSR count). The smallest absolute Gasteiger partial charge is 0.322 e. The molecule has 1 aromatic rings. The number of hydrogen-bond donors (Lipinski definition) is 1. The first-order chi connectivity index (χ1) is 9.15. The fourth-order valence-corrected chi connectivity index (χ4v) is 2.21. The zero-order valence-corrected chi connectivity index (χ0v) is 11.9. The van der Waals surface area contributed by atoms with Crippen LogP contribution in [0.15, 0.2) is 0 Å². The Morgan fingerprint density at radius 1 is 1.42 bits per heavy atom. The summed E-state index contributed by atoms with van der Waals surface area (Å²) in [7, 11) is 3.52. The predicted octanol–water partition coefficient (Wildman–Crippen LogP) is 0.926. The van der Waals surface area contributed by atoms with Crippen LogP contribution < -0.4 is 15.0 Å². The Hall–Kier alpha value is -1.63. The first kappa shape index (κ1) is 13.8. The Balaban J connectivity index is 2.24. The fourth-order valence-electron chi connectivity index (χ4n) is 2.21. The molecule has 1 aromatic heterocycles. The highest BCUT2D eigenvalue weighted by Crippen LogP contribution is 2.23. The maximum absolute atomic E-state index is 5.58. The summed E-state index contributed by atoms with van der Waals surface area (Å²) in [4.78, 5) is 14.9. The summed E-state index contributed by atoms with van der Waals surface area (Å²) >= 11 is 0. The average molecular weight is 267 g/mol.